The maximum atomic E-state index is 12.2. The van der Waals surface area contributed by atoms with Crippen LogP contribution in [0.5, 0.6) is 5.75 Å². The first kappa shape index (κ1) is 15.5. The number of likely N-dealkylation sites (N-methyl/N-ethyl adjacent to an activating group) is 1. The second kappa shape index (κ2) is 7.24. The van der Waals surface area contributed by atoms with Crippen molar-refractivity contribution in [3.05, 3.63) is 52.2 Å². The third kappa shape index (κ3) is 4.06. The Balaban J connectivity index is 1.97. The van der Waals surface area contributed by atoms with Crippen LogP contribution < -0.4 is 4.74 Å². The highest BCUT2D eigenvalue weighted by Crippen LogP contribution is 2.20. The SMILES string of the molecule is COc1cccc(C(O)C(=O)N(C)CCc2cccs2)c1. The Morgan fingerprint density at radius 2 is 2.19 bits per heavy atom. The number of carbonyl (C=O) groups is 1. The van der Waals surface area contributed by atoms with Crippen LogP contribution in [0.25, 0.3) is 0 Å². The summed E-state index contributed by atoms with van der Waals surface area (Å²) in [6.45, 7) is 0.584. The van der Waals surface area contributed by atoms with Crippen molar-refractivity contribution in [3.8, 4) is 5.75 Å². The first-order valence-electron chi connectivity index (χ1n) is 6.71. The molecule has 1 aromatic carbocycles. The zero-order valence-corrected chi connectivity index (χ0v) is 13.0. The van der Waals surface area contributed by atoms with Gasteiger partial charge in [-0.3, -0.25) is 4.79 Å². The standard InChI is InChI=1S/C16H19NO3S/c1-17(9-8-14-7-4-10-21-14)16(19)15(18)12-5-3-6-13(11-12)20-2/h3-7,10-11,15,18H,8-9H2,1-2H3. The highest BCUT2D eigenvalue weighted by molar-refractivity contribution is 7.09. The number of ether oxygens (including phenoxy) is 1. The fourth-order valence-corrected chi connectivity index (χ4v) is 2.70. The Labute approximate surface area is 128 Å². The van der Waals surface area contributed by atoms with Gasteiger partial charge in [-0.05, 0) is 35.6 Å². The first-order chi connectivity index (χ1) is 10.1. The minimum Gasteiger partial charge on any atom is -0.497 e. The van der Waals surface area contributed by atoms with Gasteiger partial charge in [-0.1, -0.05) is 18.2 Å². The van der Waals surface area contributed by atoms with Gasteiger partial charge in [0.25, 0.3) is 5.91 Å². The molecule has 0 fully saturated rings. The third-order valence-corrected chi connectivity index (χ3v) is 4.23. The molecule has 5 heteroatoms. The number of aliphatic hydroxyl groups is 1. The first-order valence-corrected chi connectivity index (χ1v) is 7.59. The van der Waals surface area contributed by atoms with Crippen molar-refractivity contribution in [3.63, 3.8) is 0 Å². The van der Waals surface area contributed by atoms with E-state index in [4.69, 9.17) is 4.74 Å². The summed E-state index contributed by atoms with van der Waals surface area (Å²) in [5.41, 5.74) is 0.544. The number of nitrogens with zero attached hydrogens (tertiary/aromatic N) is 1. The van der Waals surface area contributed by atoms with Gasteiger partial charge in [0.1, 0.15) is 5.75 Å². The maximum absolute atomic E-state index is 12.2. The summed E-state index contributed by atoms with van der Waals surface area (Å²) in [5, 5.41) is 12.2. The van der Waals surface area contributed by atoms with Crippen LogP contribution in [0.1, 0.15) is 16.5 Å². The summed E-state index contributed by atoms with van der Waals surface area (Å²) in [4.78, 5) is 15.0. The number of methoxy groups -OCH3 is 1. The van der Waals surface area contributed by atoms with E-state index in [2.05, 4.69) is 0 Å². The molecule has 112 valence electrons. The molecule has 0 bridgehead atoms. The van der Waals surface area contributed by atoms with E-state index in [1.807, 2.05) is 17.5 Å². The van der Waals surface area contributed by atoms with Gasteiger partial charge in [-0.2, -0.15) is 0 Å². The Morgan fingerprint density at radius 3 is 2.86 bits per heavy atom. The molecule has 0 saturated heterocycles. The number of carbonyl (C=O) groups excluding carboxylic acids is 1. The van der Waals surface area contributed by atoms with Gasteiger partial charge in [0.05, 0.1) is 7.11 Å². The Bertz CT molecular complexity index is 583. The van der Waals surface area contributed by atoms with E-state index in [9.17, 15) is 9.90 Å². The van der Waals surface area contributed by atoms with Crippen LogP contribution in [0.3, 0.4) is 0 Å². The Kier molecular flexibility index (Phi) is 5.36. The fraction of sp³-hybridized carbons (Fsp3) is 0.312. The summed E-state index contributed by atoms with van der Waals surface area (Å²) in [6, 6.07) is 11.0. The van der Waals surface area contributed by atoms with Crippen LogP contribution in [0, 0.1) is 0 Å². The Hall–Kier alpha value is -1.85. The van der Waals surface area contributed by atoms with Crippen LogP contribution in [0.4, 0.5) is 0 Å². The number of amides is 1. The zero-order chi connectivity index (χ0) is 15.2. The molecule has 0 aliphatic carbocycles. The fourth-order valence-electron chi connectivity index (χ4n) is 2.01. The van der Waals surface area contributed by atoms with Crippen LogP contribution in [0.2, 0.25) is 0 Å². The van der Waals surface area contributed by atoms with Crippen molar-refractivity contribution in [1.29, 1.82) is 0 Å². The van der Waals surface area contributed by atoms with E-state index in [0.717, 1.165) is 6.42 Å². The van der Waals surface area contributed by atoms with Crippen molar-refractivity contribution in [1.82, 2.24) is 4.90 Å². The Morgan fingerprint density at radius 1 is 1.38 bits per heavy atom. The number of aliphatic hydroxyl groups excluding tert-OH is 1. The van der Waals surface area contributed by atoms with Crippen LogP contribution in [-0.2, 0) is 11.2 Å². The third-order valence-electron chi connectivity index (χ3n) is 3.29. The van der Waals surface area contributed by atoms with Crippen molar-refractivity contribution >= 4 is 17.2 Å². The number of thiophene rings is 1. The van der Waals surface area contributed by atoms with Crippen LogP contribution in [0.15, 0.2) is 41.8 Å². The van der Waals surface area contributed by atoms with E-state index < -0.39 is 6.10 Å². The summed E-state index contributed by atoms with van der Waals surface area (Å²) in [6.07, 6.45) is -0.362. The molecule has 0 aliphatic heterocycles. The lowest BCUT2D eigenvalue weighted by Crippen LogP contribution is -2.33. The molecule has 1 aromatic heterocycles. The smallest absolute Gasteiger partial charge is 0.255 e. The van der Waals surface area contributed by atoms with Crippen molar-refractivity contribution in [2.24, 2.45) is 0 Å². The molecular weight excluding hydrogens is 286 g/mol. The molecule has 1 heterocycles. The van der Waals surface area contributed by atoms with Crippen molar-refractivity contribution in [2.45, 2.75) is 12.5 Å². The van der Waals surface area contributed by atoms with E-state index in [-0.39, 0.29) is 5.91 Å². The highest BCUT2D eigenvalue weighted by atomic mass is 32.1. The topological polar surface area (TPSA) is 49.8 Å². The molecule has 1 amide bonds. The van der Waals surface area contributed by atoms with Gasteiger partial charge < -0.3 is 14.7 Å². The van der Waals surface area contributed by atoms with Crippen LogP contribution in [-0.4, -0.2) is 36.6 Å². The van der Waals surface area contributed by atoms with E-state index >= 15 is 0 Å². The lowest BCUT2D eigenvalue weighted by molar-refractivity contribution is -0.139. The lowest BCUT2D eigenvalue weighted by Gasteiger charge is -2.20. The molecule has 4 nitrogen and oxygen atoms in total. The second-order valence-electron chi connectivity index (χ2n) is 4.77. The van der Waals surface area contributed by atoms with Crippen LogP contribution >= 0.6 is 11.3 Å². The molecule has 21 heavy (non-hydrogen) atoms. The summed E-state index contributed by atoms with van der Waals surface area (Å²) < 4.78 is 5.11. The molecule has 2 aromatic rings. The number of hydrogen-bond acceptors (Lipinski definition) is 4. The molecule has 0 saturated carbocycles. The predicted molar refractivity (Wildman–Crippen MR) is 83.6 cm³/mol. The minimum absolute atomic E-state index is 0.306. The molecule has 2 rings (SSSR count). The molecule has 0 radical (unpaired) electrons. The number of rotatable bonds is 6. The van der Waals surface area contributed by atoms with E-state index in [1.54, 1.807) is 54.7 Å². The normalized spacial score (nSPS) is 12.0. The summed E-state index contributed by atoms with van der Waals surface area (Å²) in [7, 11) is 3.26. The summed E-state index contributed by atoms with van der Waals surface area (Å²) >= 11 is 1.67. The van der Waals surface area contributed by atoms with Gasteiger partial charge in [0.2, 0.25) is 0 Å². The molecule has 0 spiro atoms. The molecule has 1 N–H and O–H groups in total. The maximum Gasteiger partial charge on any atom is 0.255 e. The highest BCUT2D eigenvalue weighted by Gasteiger charge is 2.21. The van der Waals surface area contributed by atoms with Crippen molar-refractivity contribution < 1.29 is 14.6 Å². The zero-order valence-electron chi connectivity index (χ0n) is 12.2. The average molecular weight is 305 g/mol. The molecule has 1 unspecified atom stereocenters. The minimum atomic E-state index is -1.16. The van der Waals surface area contributed by atoms with E-state index in [1.165, 1.54) is 4.88 Å². The molecule has 1 atom stereocenters. The number of hydrogen-bond donors (Lipinski definition) is 1. The largest absolute Gasteiger partial charge is 0.497 e. The lowest BCUT2D eigenvalue weighted by atomic mass is 10.1. The van der Waals surface area contributed by atoms with E-state index in [0.29, 0.717) is 17.9 Å². The quantitative estimate of drug-likeness (QED) is 0.892. The van der Waals surface area contributed by atoms with Gasteiger partial charge in [0.15, 0.2) is 6.10 Å². The molecular formula is C16H19NO3S. The van der Waals surface area contributed by atoms with Gasteiger partial charge in [0, 0.05) is 18.5 Å². The monoisotopic (exact) mass is 305 g/mol. The van der Waals surface area contributed by atoms with Gasteiger partial charge in [-0.15, -0.1) is 11.3 Å². The van der Waals surface area contributed by atoms with Crippen molar-refractivity contribution in [2.75, 3.05) is 20.7 Å². The summed E-state index contributed by atoms with van der Waals surface area (Å²) in [5.74, 6) is 0.320. The predicted octanol–water partition coefficient (Wildman–Crippen LogP) is 2.49. The molecule has 0 aliphatic rings. The second-order valence-corrected chi connectivity index (χ2v) is 5.80. The van der Waals surface area contributed by atoms with Gasteiger partial charge in [-0.25, -0.2) is 0 Å². The average Bonchev–Trinajstić information content (AvgIpc) is 3.04. The van der Waals surface area contributed by atoms with Gasteiger partial charge >= 0.3 is 0 Å². The number of benzene rings is 1.